The third-order valence-corrected chi connectivity index (χ3v) is 5.51. The number of hydrogen-bond acceptors (Lipinski definition) is 3. The van der Waals surface area contributed by atoms with E-state index in [-0.39, 0.29) is 5.91 Å². The van der Waals surface area contributed by atoms with Crippen LogP contribution >= 0.6 is 0 Å². The molecule has 0 spiro atoms. The monoisotopic (exact) mass is 445 g/mol. The Morgan fingerprint density at radius 1 is 0.818 bits per heavy atom. The predicted molar refractivity (Wildman–Crippen MR) is 135 cm³/mol. The summed E-state index contributed by atoms with van der Waals surface area (Å²) in [6, 6.07) is 23.8. The summed E-state index contributed by atoms with van der Waals surface area (Å²) in [5.74, 6) is 1.69. The van der Waals surface area contributed by atoms with Gasteiger partial charge in [0.05, 0.1) is 13.2 Å². The molecule has 0 atom stereocenters. The summed E-state index contributed by atoms with van der Waals surface area (Å²) in [6.07, 6.45) is 4.26. The molecule has 0 fully saturated rings. The number of rotatable bonds is 12. The van der Waals surface area contributed by atoms with Gasteiger partial charge in [0, 0.05) is 24.7 Å². The molecule has 33 heavy (non-hydrogen) atoms. The van der Waals surface area contributed by atoms with Gasteiger partial charge in [0.2, 0.25) is 0 Å². The summed E-state index contributed by atoms with van der Waals surface area (Å²) in [4.78, 5) is 14.7. The van der Waals surface area contributed by atoms with Crippen molar-refractivity contribution in [1.82, 2.24) is 4.90 Å². The first-order valence-electron chi connectivity index (χ1n) is 11.9. The summed E-state index contributed by atoms with van der Waals surface area (Å²) in [7, 11) is 1.84. The highest BCUT2D eigenvalue weighted by Crippen LogP contribution is 2.30. The zero-order valence-corrected chi connectivity index (χ0v) is 20.0. The summed E-state index contributed by atoms with van der Waals surface area (Å²) >= 11 is 0. The second-order valence-electron chi connectivity index (χ2n) is 8.29. The molecule has 0 bridgehead atoms. The Morgan fingerprint density at radius 3 is 2.24 bits per heavy atom. The van der Waals surface area contributed by atoms with Crippen molar-refractivity contribution in [3.63, 3.8) is 0 Å². The maximum atomic E-state index is 12.9. The van der Waals surface area contributed by atoms with Gasteiger partial charge in [-0.15, -0.1) is 0 Å². The topological polar surface area (TPSA) is 38.8 Å². The summed E-state index contributed by atoms with van der Waals surface area (Å²) in [6.45, 7) is 6.24. The smallest absolute Gasteiger partial charge is 0.253 e. The van der Waals surface area contributed by atoms with Gasteiger partial charge in [-0.2, -0.15) is 0 Å². The van der Waals surface area contributed by atoms with Crippen molar-refractivity contribution >= 4 is 5.91 Å². The Labute approximate surface area is 198 Å². The largest absolute Gasteiger partial charge is 0.494 e. The van der Waals surface area contributed by atoms with Crippen molar-refractivity contribution in [3.05, 3.63) is 83.9 Å². The first kappa shape index (κ1) is 24.4. The van der Waals surface area contributed by atoms with Crippen molar-refractivity contribution in [2.24, 2.45) is 0 Å². The van der Waals surface area contributed by atoms with Gasteiger partial charge in [-0.3, -0.25) is 4.79 Å². The first-order chi connectivity index (χ1) is 16.1. The number of nitrogens with zero attached hydrogens (tertiary/aromatic N) is 1. The van der Waals surface area contributed by atoms with E-state index >= 15 is 0 Å². The average Bonchev–Trinajstić information content (AvgIpc) is 2.85. The molecule has 0 saturated heterocycles. The second kappa shape index (κ2) is 12.7. The molecule has 3 aromatic carbocycles. The molecule has 0 aliphatic rings. The lowest BCUT2D eigenvalue weighted by Crippen LogP contribution is -2.26. The Kier molecular flexibility index (Phi) is 9.37. The number of carbonyl (C=O) groups excluding carboxylic acids is 1. The van der Waals surface area contributed by atoms with Crippen LogP contribution in [-0.4, -0.2) is 31.1 Å². The van der Waals surface area contributed by atoms with Crippen molar-refractivity contribution in [2.45, 2.75) is 46.1 Å². The molecule has 174 valence electrons. The molecule has 4 nitrogen and oxygen atoms in total. The number of ether oxygens (including phenoxy) is 2. The molecule has 0 radical (unpaired) electrons. The zero-order chi connectivity index (χ0) is 23.5. The second-order valence-corrected chi connectivity index (χ2v) is 8.29. The lowest BCUT2D eigenvalue weighted by molar-refractivity contribution is 0.0785. The van der Waals surface area contributed by atoms with Crippen LogP contribution < -0.4 is 9.47 Å². The average molecular weight is 446 g/mol. The van der Waals surface area contributed by atoms with Gasteiger partial charge in [0.1, 0.15) is 11.5 Å². The lowest BCUT2D eigenvalue weighted by atomic mass is 10.0. The first-order valence-corrected chi connectivity index (χ1v) is 11.9. The Bertz CT molecular complexity index is 1010. The minimum Gasteiger partial charge on any atom is -0.494 e. The van der Waals surface area contributed by atoms with Crippen molar-refractivity contribution in [2.75, 3.05) is 20.3 Å². The van der Waals surface area contributed by atoms with Crippen molar-refractivity contribution in [1.29, 1.82) is 0 Å². The van der Waals surface area contributed by atoms with E-state index in [0.29, 0.717) is 25.3 Å². The molecule has 1 amide bonds. The number of amides is 1. The van der Waals surface area contributed by atoms with Crippen molar-refractivity contribution in [3.8, 4) is 22.6 Å². The van der Waals surface area contributed by atoms with Gasteiger partial charge in [0.25, 0.3) is 5.91 Å². The Hall–Kier alpha value is -3.27. The summed E-state index contributed by atoms with van der Waals surface area (Å²) in [5.41, 5.74) is 3.90. The molecule has 0 aromatic heterocycles. The van der Waals surface area contributed by atoms with E-state index in [1.165, 1.54) is 0 Å². The quantitative estimate of drug-likeness (QED) is 0.282. The molecule has 0 N–H and O–H groups in total. The number of hydrogen-bond donors (Lipinski definition) is 0. The van der Waals surface area contributed by atoms with Gasteiger partial charge in [-0.25, -0.2) is 0 Å². The Morgan fingerprint density at radius 2 is 1.52 bits per heavy atom. The Balaban J connectivity index is 1.67. The SMILES string of the molecule is CCCCOc1ccc(C(=O)N(C)Cc2cccc(-c3ccccc3OCCCC)c2)cc1. The van der Waals surface area contributed by atoms with Crippen LogP contribution in [-0.2, 0) is 6.54 Å². The third kappa shape index (κ3) is 7.11. The molecule has 0 heterocycles. The molecular weight excluding hydrogens is 410 g/mol. The molecule has 3 rings (SSSR count). The van der Waals surface area contributed by atoms with Crippen LogP contribution in [0.3, 0.4) is 0 Å². The maximum Gasteiger partial charge on any atom is 0.253 e. The zero-order valence-electron chi connectivity index (χ0n) is 20.0. The van der Waals surface area contributed by atoms with Crippen LogP contribution in [0.25, 0.3) is 11.1 Å². The lowest BCUT2D eigenvalue weighted by Gasteiger charge is -2.18. The molecule has 3 aromatic rings. The standard InChI is InChI=1S/C29H35NO3/c1-4-6-19-32-26-17-15-24(16-18-26)29(31)30(3)22-23-11-10-12-25(21-23)27-13-8-9-14-28(27)33-20-7-5-2/h8-18,21H,4-7,19-20,22H2,1-3H3. The highest BCUT2D eigenvalue weighted by atomic mass is 16.5. The summed E-state index contributed by atoms with van der Waals surface area (Å²) < 4.78 is 11.7. The van der Waals surface area contributed by atoms with Crippen LogP contribution in [0.2, 0.25) is 0 Å². The van der Waals surface area contributed by atoms with Crippen LogP contribution in [0.5, 0.6) is 11.5 Å². The molecule has 4 heteroatoms. The van der Waals surface area contributed by atoms with E-state index < -0.39 is 0 Å². The normalized spacial score (nSPS) is 10.6. The fourth-order valence-electron chi connectivity index (χ4n) is 3.59. The van der Waals surface area contributed by atoms with E-state index in [0.717, 1.165) is 53.9 Å². The predicted octanol–water partition coefficient (Wildman–Crippen LogP) is 6.98. The maximum absolute atomic E-state index is 12.9. The van der Waals surface area contributed by atoms with Gasteiger partial charge < -0.3 is 14.4 Å². The summed E-state index contributed by atoms with van der Waals surface area (Å²) in [5, 5.41) is 0. The highest BCUT2D eigenvalue weighted by molar-refractivity contribution is 5.94. The van der Waals surface area contributed by atoms with Gasteiger partial charge >= 0.3 is 0 Å². The third-order valence-electron chi connectivity index (χ3n) is 5.51. The fraction of sp³-hybridized carbons (Fsp3) is 0.345. The van der Waals surface area contributed by atoms with Crippen LogP contribution in [0.4, 0.5) is 0 Å². The molecule has 0 saturated carbocycles. The van der Waals surface area contributed by atoms with Gasteiger partial charge in [-0.05, 0) is 60.4 Å². The minimum atomic E-state index is -0.0104. The van der Waals surface area contributed by atoms with E-state index in [9.17, 15) is 4.79 Å². The number of para-hydroxylation sites is 1. The molecule has 0 aliphatic carbocycles. The van der Waals surface area contributed by atoms with Gasteiger partial charge in [-0.1, -0.05) is 63.1 Å². The molecular formula is C29H35NO3. The van der Waals surface area contributed by atoms with E-state index in [1.807, 2.05) is 55.6 Å². The molecule has 0 unspecified atom stereocenters. The highest BCUT2D eigenvalue weighted by Gasteiger charge is 2.13. The van der Waals surface area contributed by atoms with E-state index in [1.54, 1.807) is 4.90 Å². The minimum absolute atomic E-state index is 0.0104. The van der Waals surface area contributed by atoms with Crippen LogP contribution in [0.15, 0.2) is 72.8 Å². The number of benzene rings is 3. The van der Waals surface area contributed by atoms with Crippen LogP contribution in [0, 0.1) is 0 Å². The van der Waals surface area contributed by atoms with Crippen molar-refractivity contribution < 1.29 is 14.3 Å². The van der Waals surface area contributed by atoms with E-state index in [4.69, 9.17) is 9.47 Å². The number of carbonyl (C=O) groups is 1. The molecule has 0 aliphatic heterocycles. The fourth-order valence-corrected chi connectivity index (χ4v) is 3.59. The van der Waals surface area contributed by atoms with Gasteiger partial charge in [0.15, 0.2) is 0 Å². The van der Waals surface area contributed by atoms with Crippen LogP contribution in [0.1, 0.15) is 55.5 Å². The van der Waals surface area contributed by atoms with E-state index in [2.05, 4.69) is 38.1 Å². The number of unbranched alkanes of at least 4 members (excludes halogenated alkanes) is 2.